The smallest absolute Gasteiger partial charge is 0.129 e. The molecule has 0 saturated heterocycles. The van der Waals surface area contributed by atoms with Crippen molar-refractivity contribution in [2.45, 2.75) is 0 Å². The Hall–Kier alpha value is -1.00. The summed E-state index contributed by atoms with van der Waals surface area (Å²) in [4.78, 5) is 3.92. The van der Waals surface area contributed by atoms with Crippen LogP contribution in [0.2, 0.25) is 5.15 Å². The zero-order valence-electron chi connectivity index (χ0n) is 6.04. The summed E-state index contributed by atoms with van der Waals surface area (Å²) in [5.41, 5.74) is 11.4. The summed E-state index contributed by atoms with van der Waals surface area (Å²) in [6.45, 7) is 0. The second-order valence-corrected chi connectivity index (χ2v) is 3.85. The molecule has 0 aliphatic carbocycles. The van der Waals surface area contributed by atoms with E-state index in [1.54, 1.807) is 12.3 Å². The molecule has 0 bridgehead atoms. The molecule has 62 valence electrons. The summed E-state index contributed by atoms with van der Waals surface area (Å²) in [6.07, 6.45) is 1.64. The average molecular weight is 200 g/mol. The zero-order chi connectivity index (χ0) is 8.72. The molecule has 2 aromatic rings. The van der Waals surface area contributed by atoms with Gasteiger partial charge in [-0.3, -0.25) is 0 Å². The Kier molecular flexibility index (Phi) is 1.59. The van der Waals surface area contributed by atoms with Crippen molar-refractivity contribution in [3.8, 4) is 0 Å². The highest BCUT2D eigenvalue weighted by Crippen LogP contribution is 2.35. The maximum absolute atomic E-state index is 5.70. The lowest BCUT2D eigenvalue weighted by Crippen LogP contribution is -1.81. The molecular formula is C7H6ClN3S. The van der Waals surface area contributed by atoms with E-state index in [0.717, 1.165) is 10.8 Å². The highest BCUT2D eigenvalue weighted by Gasteiger charge is 2.06. The molecule has 5 heteroatoms. The van der Waals surface area contributed by atoms with E-state index in [1.807, 2.05) is 0 Å². The van der Waals surface area contributed by atoms with Crippen LogP contribution < -0.4 is 11.5 Å². The quantitative estimate of drug-likeness (QED) is 0.639. The molecule has 0 amide bonds. The Morgan fingerprint density at radius 2 is 1.92 bits per heavy atom. The van der Waals surface area contributed by atoms with Crippen LogP contribution in [0.1, 0.15) is 0 Å². The van der Waals surface area contributed by atoms with Crippen molar-refractivity contribution in [1.82, 2.24) is 4.98 Å². The van der Waals surface area contributed by atoms with Crippen LogP contribution in [0.3, 0.4) is 0 Å². The summed E-state index contributed by atoms with van der Waals surface area (Å²) >= 11 is 7.05. The van der Waals surface area contributed by atoms with E-state index in [9.17, 15) is 0 Å². The number of fused-ring (bicyclic) bond motifs is 1. The molecular weight excluding hydrogens is 194 g/mol. The first kappa shape index (κ1) is 7.64. The van der Waals surface area contributed by atoms with Crippen LogP contribution in [0, 0.1) is 0 Å². The minimum absolute atomic E-state index is 0.437. The number of pyridine rings is 1. The molecule has 0 aliphatic heterocycles. The Labute approximate surface area is 78.0 Å². The lowest BCUT2D eigenvalue weighted by molar-refractivity contribution is 1.37. The molecule has 0 fully saturated rings. The number of nitrogens with two attached hydrogens (primary N) is 2. The third-order valence-electron chi connectivity index (χ3n) is 1.62. The van der Waals surface area contributed by atoms with Crippen LogP contribution in [0.25, 0.3) is 10.8 Å². The van der Waals surface area contributed by atoms with Crippen molar-refractivity contribution in [3.63, 3.8) is 0 Å². The number of rotatable bonds is 0. The molecule has 0 unspecified atom stereocenters. The van der Waals surface area contributed by atoms with Gasteiger partial charge in [0.1, 0.15) is 5.15 Å². The number of thiophene rings is 1. The molecule has 0 aromatic carbocycles. The second-order valence-electron chi connectivity index (χ2n) is 2.38. The maximum atomic E-state index is 5.70. The van der Waals surface area contributed by atoms with Crippen molar-refractivity contribution in [3.05, 3.63) is 17.4 Å². The van der Waals surface area contributed by atoms with E-state index < -0.39 is 0 Å². The Balaban J connectivity index is 2.90. The second kappa shape index (κ2) is 2.50. The van der Waals surface area contributed by atoms with Crippen molar-refractivity contribution >= 4 is 43.7 Å². The van der Waals surface area contributed by atoms with E-state index in [1.165, 1.54) is 11.3 Å². The Morgan fingerprint density at radius 1 is 1.25 bits per heavy atom. The first-order valence-electron chi connectivity index (χ1n) is 3.27. The van der Waals surface area contributed by atoms with Crippen LogP contribution in [0.5, 0.6) is 0 Å². The first-order valence-corrected chi connectivity index (χ1v) is 4.47. The first-order chi connectivity index (χ1) is 5.68. The van der Waals surface area contributed by atoms with Gasteiger partial charge in [-0.05, 0) is 6.07 Å². The number of hydrogen-bond acceptors (Lipinski definition) is 4. The topological polar surface area (TPSA) is 64.9 Å². The van der Waals surface area contributed by atoms with Crippen LogP contribution in [-0.2, 0) is 0 Å². The molecule has 2 aromatic heterocycles. The molecule has 0 saturated carbocycles. The molecule has 12 heavy (non-hydrogen) atoms. The molecule has 3 nitrogen and oxygen atoms in total. The van der Waals surface area contributed by atoms with Gasteiger partial charge in [-0.25, -0.2) is 4.98 Å². The van der Waals surface area contributed by atoms with Crippen molar-refractivity contribution in [1.29, 1.82) is 0 Å². The maximum Gasteiger partial charge on any atom is 0.129 e. The lowest BCUT2D eigenvalue weighted by Gasteiger charge is -1.91. The summed E-state index contributed by atoms with van der Waals surface area (Å²) in [7, 11) is 0. The Bertz CT molecular complexity index is 437. The highest BCUT2D eigenvalue weighted by molar-refractivity contribution is 7.21. The van der Waals surface area contributed by atoms with Gasteiger partial charge in [0.2, 0.25) is 0 Å². The van der Waals surface area contributed by atoms with Crippen molar-refractivity contribution in [2.24, 2.45) is 0 Å². The van der Waals surface area contributed by atoms with Gasteiger partial charge in [0.05, 0.1) is 10.0 Å². The van der Waals surface area contributed by atoms with E-state index in [4.69, 9.17) is 23.1 Å². The fourth-order valence-corrected chi connectivity index (χ4v) is 2.00. The summed E-state index contributed by atoms with van der Waals surface area (Å²) in [5, 5.41) is 3.57. The van der Waals surface area contributed by atoms with Crippen LogP contribution in [0.4, 0.5) is 10.0 Å². The van der Waals surface area contributed by atoms with E-state index in [-0.39, 0.29) is 0 Å². The number of halogens is 1. The normalized spacial score (nSPS) is 10.8. The van der Waals surface area contributed by atoms with Gasteiger partial charge >= 0.3 is 0 Å². The van der Waals surface area contributed by atoms with Gasteiger partial charge in [0, 0.05) is 17.0 Å². The molecule has 2 heterocycles. The molecule has 2 rings (SSSR count). The number of anilines is 2. The van der Waals surface area contributed by atoms with E-state index in [2.05, 4.69) is 4.98 Å². The largest absolute Gasteiger partial charge is 0.390 e. The summed E-state index contributed by atoms with van der Waals surface area (Å²) in [5.74, 6) is 0. The predicted octanol–water partition coefficient (Wildman–Crippen LogP) is 2.11. The van der Waals surface area contributed by atoms with Crippen LogP contribution in [0.15, 0.2) is 12.3 Å². The number of nitrogens with zero attached hydrogens (tertiary/aromatic N) is 1. The average Bonchev–Trinajstić information content (AvgIpc) is 2.28. The van der Waals surface area contributed by atoms with Crippen LogP contribution >= 0.6 is 22.9 Å². The van der Waals surface area contributed by atoms with Crippen molar-refractivity contribution < 1.29 is 0 Å². The minimum atomic E-state index is 0.437. The standard InChI is InChI=1S/C7H6ClN3S/c8-5-1-3-4(2-11-5)7(10)12-6(3)9/h1-2H,9-10H2. The number of nitrogen functional groups attached to an aromatic ring is 2. The lowest BCUT2D eigenvalue weighted by atomic mass is 10.3. The van der Waals surface area contributed by atoms with Gasteiger partial charge in [-0.1, -0.05) is 11.6 Å². The fraction of sp³-hybridized carbons (Fsp3) is 0. The summed E-state index contributed by atoms with van der Waals surface area (Å²) in [6, 6.07) is 1.72. The minimum Gasteiger partial charge on any atom is -0.390 e. The number of hydrogen-bond donors (Lipinski definition) is 2. The molecule has 0 atom stereocenters. The summed E-state index contributed by atoms with van der Waals surface area (Å²) < 4.78 is 0. The van der Waals surface area contributed by atoms with Gasteiger partial charge < -0.3 is 11.5 Å². The zero-order valence-corrected chi connectivity index (χ0v) is 7.62. The third kappa shape index (κ3) is 1.00. The Morgan fingerprint density at radius 3 is 2.67 bits per heavy atom. The molecule has 0 spiro atoms. The van der Waals surface area contributed by atoms with Crippen LogP contribution in [-0.4, -0.2) is 4.98 Å². The monoisotopic (exact) mass is 199 g/mol. The van der Waals surface area contributed by atoms with Crippen molar-refractivity contribution in [2.75, 3.05) is 11.5 Å². The van der Waals surface area contributed by atoms with Gasteiger partial charge in [-0.15, -0.1) is 11.3 Å². The third-order valence-corrected chi connectivity index (χ3v) is 2.71. The number of aromatic nitrogens is 1. The SMILES string of the molecule is Nc1sc(N)c2cc(Cl)ncc12. The molecule has 0 radical (unpaired) electrons. The fourth-order valence-electron chi connectivity index (χ4n) is 1.06. The van der Waals surface area contributed by atoms with Gasteiger partial charge in [0.25, 0.3) is 0 Å². The molecule has 4 N–H and O–H groups in total. The predicted molar refractivity (Wildman–Crippen MR) is 53.5 cm³/mol. The van der Waals surface area contributed by atoms with Gasteiger partial charge in [-0.2, -0.15) is 0 Å². The van der Waals surface area contributed by atoms with E-state index in [0.29, 0.717) is 15.2 Å². The highest BCUT2D eigenvalue weighted by atomic mass is 35.5. The van der Waals surface area contributed by atoms with E-state index >= 15 is 0 Å². The van der Waals surface area contributed by atoms with Gasteiger partial charge in [0.15, 0.2) is 0 Å². The molecule has 0 aliphatic rings.